The third-order valence-corrected chi connectivity index (χ3v) is 2.45. The molecule has 0 spiro atoms. The zero-order valence-electron chi connectivity index (χ0n) is 9.68. The van der Waals surface area contributed by atoms with Crippen LogP contribution in [0.2, 0.25) is 0 Å². The van der Waals surface area contributed by atoms with E-state index in [9.17, 15) is 0 Å². The first kappa shape index (κ1) is 11.4. The number of rotatable bonds is 5. The monoisotopic (exact) mass is 230 g/mol. The first-order chi connectivity index (χ1) is 8.36. The Morgan fingerprint density at radius 3 is 3.18 bits per heavy atom. The number of nitrogens with zero attached hydrogens (tertiary/aromatic N) is 3. The lowest BCUT2D eigenvalue weighted by molar-refractivity contribution is 0.198. The van der Waals surface area contributed by atoms with Gasteiger partial charge in [0.25, 0.3) is 0 Å². The standard InChI is InChI=1S/C12H14N4O/c1-17-8-4-6-14-12-10(9-13)16-7-3-2-5-11(16)15-12/h2-3,5,7,14H,4,6,8H2,1H3. The van der Waals surface area contributed by atoms with Crippen LogP contribution in [0.3, 0.4) is 0 Å². The van der Waals surface area contributed by atoms with E-state index in [1.807, 2.05) is 24.4 Å². The molecule has 1 N–H and O–H groups in total. The zero-order chi connectivity index (χ0) is 12.1. The lowest BCUT2D eigenvalue weighted by Gasteiger charge is -2.02. The van der Waals surface area contributed by atoms with Crippen LogP contribution in [0.25, 0.3) is 5.65 Å². The molecule has 2 heterocycles. The number of anilines is 1. The van der Waals surface area contributed by atoms with Crippen molar-refractivity contribution in [2.75, 3.05) is 25.6 Å². The Labute approximate surface area is 99.6 Å². The molecule has 0 atom stereocenters. The summed E-state index contributed by atoms with van der Waals surface area (Å²) >= 11 is 0. The van der Waals surface area contributed by atoms with Crippen LogP contribution in [0.15, 0.2) is 24.4 Å². The minimum atomic E-state index is 0.540. The number of nitrogens with one attached hydrogen (secondary N) is 1. The fourth-order valence-corrected chi connectivity index (χ4v) is 1.65. The maximum Gasteiger partial charge on any atom is 0.168 e. The second kappa shape index (κ2) is 5.32. The van der Waals surface area contributed by atoms with E-state index in [1.54, 1.807) is 11.5 Å². The van der Waals surface area contributed by atoms with Crippen LogP contribution in [0, 0.1) is 11.3 Å². The minimum absolute atomic E-state index is 0.540. The highest BCUT2D eigenvalue weighted by atomic mass is 16.5. The molecule has 0 bridgehead atoms. The van der Waals surface area contributed by atoms with Crippen molar-refractivity contribution in [3.05, 3.63) is 30.1 Å². The summed E-state index contributed by atoms with van der Waals surface area (Å²) in [5, 5.41) is 12.3. The zero-order valence-corrected chi connectivity index (χ0v) is 9.68. The predicted octanol–water partition coefficient (Wildman–Crippen LogP) is 1.65. The van der Waals surface area contributed by atoms with Crippen molar-refractivity contribution in [3.8, 4) is 6.07 Å². The Morgan fingerprint density at radius 2 is 2.41 bits per heavy atom. The van der Waals surface area contributed by atoms with E-state index in [0.717, 1.165) is 18.6 Å². The van der Waals surface area contributed by atoms with E-state index in [0.29, 0.717) is 18.1 Å². The van der Waals surface area contributed by atoms with Gasteiger partial charge in [-0.1, -0.05) is 6.07 Å². The Hall–Kier alpha value is -2.06. The van der Waals surface area contributed by atoms with Crippen molar-refractivity contribution in [3.63, 3.8) is 0 Å². The molecule has 2 aromatic rings. The van der Waals surface area contributed by atoms with E-state index in [-0.39, 0.29) is 0 Å². The van der Waals surface area contributed by atoms with Crippen LogP contribution in [0.5, 0.6) is 0 Å². The molecule has 0 saturated heterocycles. The Balaban J connectivity index is 2.19. The third-order valence-electron chi connectivity index (χ3n) is 2.45. The lowest BCUT2D eigenvalue weighted by atomic mass is 10.4. The van der Waals surface area contributed by atoms with Crippen LogP contribution in [0.1, 0.15) is 12.1 Å². The van der Waals surface area contributed by atoms with Gasteiger partial charge < -0.3 is 10.1 Å². The first-order valence-corrected chi connectivity index (χ1v) is 5.47. The number of ether oxygens (including phenoxy) is 1. The van der Waals surface area contributed by atoms with Gasteiger partial charge in [0.05, 0.1) is 0 Å². The molecule has 0 fully saturated rings. The van der Waals surface area contributed by atoms with Crippen molar-refractivity contribution in [1.29, 1.82) is 5.26 Å². The molecule has 88 valence electrons. The van der Waals surface area contributed by atoms with E-state index in [1.165, 1.54) is 0 Å². The molecule has 0 aliphatic carbocycles. The number of nitriles is 1. The summed E-state index contributed by atoms with van der Waals surface area (Å²) in [5.74, 6) is 0.634. The molecule has 2 rings (SSSR count). The molecule has 0 saturated carbocycles. The topological polar surface area (TPSA) is 62.4 Å². The lowest BCUT2D eigenvalue weighted by Crippen LogP contribution is -2.06. The smallest absolute Gasteiger partial charge is 0.168 e. The van der Waals surface area contributed by atoms with Crippen molar-refractivity contribution in [2.24, 2.45) is 0 Å². The van der Waals surface area contributed by atoms with Crippen LogP contribution < -0.4 is 5.32 Å². The Kier molecular flexibility index (Phi) is 3.58. The van der Waals surface area contributed by atoms with E-state index in [2.05, 4.69) is 16.4 Å². The maximum atomic E-state index is 9.13. The molecule has 5 nitrogen and oxygen atoms in total. The molecule has 0 aromatic carbocycles. The van der Waals surface area contributed by atoms with Gasteiger partial charge in [0, 0.05) is 26.5 Å². The molecule has 0 aliphatic rings. The number of fused-ring (bicyclic) bond motifs is 1. The average molecular weight is 230 g/mol. The summed E-state index contributed by atoms with van der Waals surface area (Å²) in [6, 6.07) is 7.82. The number of imidazole rings is 1. The Bertz CT molecular complexity index is 541. The number of methoxy groups -OCH3 is 1. The summed E-state index contributed by atoms with van der Waals surface area (Å²) in [4.78, 5) is 4.37. The van der Waals surface area contributed by atoms with Gasteiger partial charge in [-0.15, -0.1) is 0 Å². The quantitative estimate of drug-likeness (QED) is 0.793. The largest absolute Gasteiger partial charge is 0.385 e. The fourth-order valence-electron chi connectivity index (χ4n) is 1.65. The molecule has 17 heavy (non-hydrogen) atoms. The summed E-state index contributed by atoms with van der Waals surface area (Å²) in [5.41, 5.74) is 1.32. The summed E-state index contributed by atoms with van der Waals surface area (Å²) < 4.78 is 6.74. The van der Waals surface area contributed by atoms with Gasteiger partial charge in [0.15, 0.2) is 11.5 Å². The van der Waals surface area contributed by atoms with Crippen LogP contribution in [-0.4, -0.2) is 29.6 Å². The van der Waals surface area contributed by atoms with E-state index >= 15 is 0 Å². The molecule has 2 aromatic heterocycles. The molecular formula is C12H14N4O. The molecule has 0 amide bonds. The molecular weight excluding hydrogens is 216 g/mol. The maximum absolute atomic E-state index is 9.13. The minimum Gasteiger partial charge on any atom is -0.385 e. The highest BCUT2D eigenvalue weighted by molar-refractivity contribution is 5.58. The number of pyridine rings is 1. The highest BCUT2D eigenvalue weighted by Gasteiger charge is 2.09. The normalized spacial score (nSPS) is 10.4. The van der Waals surface area contributed by atoms with E-state index in [4.69, 9.17) is 10.00 Å². The van der Waals surface area contributed by atoms with Gasteiger partial charge in [-0.2, -0.15) is 5.26 Å². The fraction of sp³-hybridized carbons (Fsp3) is 0.333. The van der Waals surface area contributed by atoms with Crippen molar-refractivity contribution in [2.45, 2.75) is 6.42 Å². The second-order valence-electron chi connectivity index (χ2n) is 3.62. The van der Waals surface area contributed by atoms with Gasteiger partial charge in [0.1, 0.15) is 11.7 Å². The van der Waals surface area contributed by atoms with Gasteiger partial charge in [0.2, 0.25) is 0 Å². The van der Waals surface area contributed by atoms with Crippen LogP contribution >= 0.6 is 0 Å². The molecule has 0 radical (unpaired) electrons. The summed E-state index contributed by atoms with van der Waals surface area (Å²) in [6.07, 6.45) is 2.72. The first-order valence-electron chi connectivity index (χ1n) is 5.47. The van der Waals surface area contributed by atoms with E-state index < -0.39 is 0 Å². The van der Waals surface area contributed by atoms with Gasteiger partial charge >= 0.3 is 0 Å². The molecule has 0 aliphatic heterocycles. The number of hydrogen-bond acceptors (Lipinski definition) is 4. The van der Waals surface area contributed by atoms with Crippen molar-refractivity contribution < 1.29 is 4.74 Å². The van der Waals surface area contributed by atoms with Gasteiger partial charge in [-0.25, -0.2) is 4.98 Å². The van der Waals surface area contributed by atoms with Crippen LogP contribution in [0.4, 0.5) is 5.82 Å². The summed E-state index contributed by atoms with van der Waals surface area (Å²) in [6.45, 7) is 1.44. The average Bonchev–Trinajstić information content (AvgIpc) is 2.72. The SMILES string of the molecule is COCCCNc1nc2ccccn2c1C#N. The van der Waals surface area contributed by atoms with Gasteiger partial charge in [-0.05, 0) is 18.6 Å². The predicted molar refractivity (Wildman–Crippen MR) is 64.9 cm³/mol. The highest BCUT2D eigenvalue weighted by Crippen LogP contribution is 2.16. The second-order valence-corrected chi connectivity index (χ2v) is 3.62. The molecule has 0 unspecified atom stereocenters. The van der Waals surface area contributed by atoms with Crippen molar-refractivity contribution in [1.82, 2.24) is 9.38 Å². The number of aromatic nitrogens is 2. The molecule has 5 heteroatoms. The Morgan fingerprint density at radius 1 is 1.53 bits per heavy atom. The van der Waals surface area contributed by atoms with Crippen LogP contribution in [-0.2, 0) is 4.74 Å². The summed E-state index contributed by atoms with van der Waals surface area (Å²) in [7, 11) is 1.67. The number of hydrogen-bond donors (Lipinski definition) is 1. The van der Waals surface area contributed by atoms with Crippen molar-refractivity contribution >= 4 is 11.5 Å². The van der Waals surface area contributed by atoms with Gasteiger partial charge in [-0.3, -0.25) is 4.40 Å². The third kappa shape index (κ3) is 2.37.